The highest BCUT2D eigenvalue weighted by molar-refractivity contribution is 9.10. The maximum Gasteiger partial charge on any atom is 0.256 e. The van der Waals surface area contributed by atoms with E-state index >= 15 is 0 Å². The normalized spacial score (nSPS) is 26.1. The summed E-state index contributed by atoms with van der Waals surface area (Å²) in [5.74, 6) is 0.278. The van der Waals surface area contributed by atoms with E-state index < -0.39 is 17.5 Å². The standard InChI is InChI=1S/C28H26BrN3O5/c1-36-24-15-18(10-13-23(24)37-16-17-8-11-19(29)12-9-17)25-22-7-4-14-31(22)28(26(25)32(34)35)20-5-2-3-6-21(20)30-27(28)33/h2-3,5-6,8-13,15,22,25-26H,4,7,14,16H2,1H3,(H,30,33)/t22-,25+,26+,28+/m0/s1. The molecule has 2 fully saturated rings. The molecule has 3 aromatic rings. The van der Waals surface area contributed by atoms with Crippen LogP contribution >= 0.6 is 15.9 Å². The van der Waals surface area contributed by atoms with Gasteiger partial charge in [0.15, 0.2) is 17.0 Å². The fourth-order valence-electron chi connectivity index (χ4n) is 6.53. The molecule has 1 amide bonds. The second-order valence-electron chi connectivity index (χ2n) is 9.75. The van der Waals surface area contributed by atoms with E-state index in [0.717, 1.165) is 28.4 Å². The van der Waals surface area contributed by atoms with E-state index in [1.165, 1.54) is 0 Å². The molecule has 6 rings (SSSR count). The lowest BCUT2D eigenvalue weighted by Gasteiger charge is -2.32. The number of carbonyl (C=O) groups is 1. The lowest BCUT2D eigenvalue weighted by Crippen LogP contribution is -2.55. The molecule has 8 nitrogen and oxygen atoms in total. The summed E-state index contributed by atoms with van der Waals surface area (Å²) in [7, 11) is 1.56. The number of hydrogen-bond donors (Lipinski definition) is 1. The van der Waals surface area contributed by atoms with Crippen molar-refractivity contribution in [2.45, 2.75) is 43.0 Å². The van der Waals surface area contributed by atoms with Gasteiger partial charge < -0.3 is 14.8 Å². The van der Waals surface area contributed by atoms with Crippen molar-refractivity contribution in [1.29, 1.82) is 0 Å². The van der Waals surface area contributed by atoms with E-state index in [9.17, 15) is 14.9 Å². The first-order valence-corrected chi connectivity index (χ1v) is 13.1. The molecule has 3 aromatic carbocycles. The number of fused-ring (bicyclic) bond motifs is 4. The average Bonchev–Trinajstić information content (AvgIpc) is 3.56. The average molecular weight is 564 g/mol. The number of nitrogens with zero attached hydrogens (tertiary/aromatic N) is 2. The Morgan fingerprint density at radius 3 is 2.68 bits per heavy atom. The number of para-hydroxylation sites is 1. The van der Waals surface area contributed by atoms with Crippen LogP contribution < -0.4 is 14.8 Å². The number of carbonyl (C=O) groups excluding carboxylic acids is 1. The summed E-state index contributed by atoms with van der Waals surface area (Å²) in [6.45, 7) is 0.999. The number of hydrogen-bond acceptors (Lipinski definition) is 6. The fraction of sp³-hybridized carbons (Fsp3) is 0.321. The van der Waals surface area contributed by atoms with Crippen molar-refractivity contribution in [3.05, 3.63) is 98.0 Å². The third-order valence-electron chi connectivity index (χ3n) is 7.97. The molecule has 0 aromatic heterocycles. The van der Waals surface area contributed by atoms with Gasteiger partial charge >= 0.3 is 0 Å². The first-order valence-electron chi connectivity index (χ1n) is 12.3. The van der Waals surface area contributed by atoms with Gasteiger partial charge in [-0.15, -0.1) is 0 Å². The van der Waals surface area contributed by atoms with Crippen LogP contribution in [0, 0.1) is 10.1 Å². The Kier molecular flexibility index (Phi) is 5.92. The Morgan fingerprint density at radius 1 is 1.14 bits per heavy atom. The van der Waals surface area contributed by atoms with Gasteiger partial charge in [0.25, 0.3) is 11.9 Å². The monoisotopic (exact) mass is 563 g/mol. The van der Waals surface area contributed by atoms with E-state index in [4.69, 9.17) is 9.47 Å². The lowest BCUT2D eigenvalue weighted by atomic mass is 9.77. The molecule has 37 heavy (non-hydrogen) atoms. The van der Waals surface area contributed by atoms with Crippen LogP contribution in [0.2, 0.25) is 0 Å². The Balaban J connectivity index is 1.39. The summed E-state index contributed by atoms with van der Waals surface area (Å²) in [5.41, 5.74) is 1.79. The molecule has 9 heteroatoms. The number of halogens is 1. The van der Waals surface area contributed by atoms with Gasteiger partial charge in [-0.1, -0.05) is 52.3 Å². The Bertz CT molecular complexity index is 1380. The zero-order chi connectivity index (χ0) is 25.7. The van der Waals surface area contributed by atoms with Gasteiger partial charge in [-0.05, 0) is 54.3 Å². The summed E-state index contributed by atoms with van der Waals surface area (Å²) < 4.78 is 12.7. The minimum Gasteiger partial charge on any atom is -0.493 e. The molecule has 3 aliphatic heterocycles. The van der Waals surface area contributed by atoms with Crippen molar-refractivity contribution in [3.63, 3.8) is 0 Å². The first-order chi connectivity index (χ1) is 17.9. The van der Waals surface area contributed by atoms with Gasteiger partial charge in [-0.25, -0.2) is 0 Å². The summed E-state index contributed by atoms with van der Waals surface area (Å²) in [5, 5.41) is 15.7. The molecule has 0 unspecified atom stereocenters. The molecule has 2 saturated heterocycles. The third kappa shape index (κ3) is 3.63. The van der Waals surface area contributed by atoms with E-state index in [2.05, 4.69) is 26.1 Å². The number of ether oxygens (including phenoxy) is 2. The van der Waals surface area contributed by atoms with Crippen LogP contribution in [-0.2, 0) is 16.9 Å². The van der Waals surface area contributed by atoms with Crippen LogP contribution in [0.15, 0.2) is 71.2 Å². The number of anilines is 1. The highest BCUT2D eigenvalue weighted by atomic mass is 79.9. The molecule has 3 aliphatic rings. The number of nitro groups is 1. The molecule has 190 valence electrons. The second-order valence-corrected chi connectivity index (χ2v) is 10.7. The number of rotatable bonds is 6. The molecule has 3 heterocycles. The minimum absolute atomic E-state index is 0.133. The molecule has 1 N–H and O–H groups in total. The molecule has 1 spiro atoms. The van der Waals surface area contributed by atoms with Gasteiger partial charge in [0.05, 0.1) is 13.0 Å². The third-order valence-corrected chi connectivity index (χ3v) is 8.50. The number of nitrogens with one attached hydrogen (secondary N) is 1. The second kappa shape index (κ2) is 9.15. The van der Waals surface area contributed by atoms with Crippen molar-refractivity contribution >= 4 is 27.5 Å². The van der Waals surface area contributed by atoms with Gasteiger partial charge in [0.1, 0.15) is 6.61 Å². The number of benzene rings is 3. The molecule has 4 atom stereocenters. The van der Waals surface area contributed by atoms with Crippen molar-refractivity contribution in [2.24, 2.45) is 0 Å². The lowest BCUT2D eigenvalue weighted by molar-refractivity contribution is -0.534. The zero-order valence-electron chi connectivity index (χ0n) is 20.2. The first kappa shape index (κ1) is 23.9. The van der Waals surface area contributed by atoms with Crippen LogP contribution in [-0.4, -0.2) is 41.5 Å². The van der Waals surface area contributed by atoms with E-state index in [1.54, 1.807) is 7.11 Å². The zero-order valence-corrected chi connectivity index (χ0v) is 21.8. The van der Waals surface area contributed by atoms with E-state index in [0.29, 0.717) is 35.9 Å². The van der Waals surface area contributed by atoms with Crippen LogP contribution in [0.25, 0.3) is 0 Å². The predicted octanol–water partition coefficient (Wildman–Crippen LogP) is 5.09. The smallest absolute Gasteiger partial charge is 0.256 e. The SMILES string of the molecule is COc1cc([C@@H]2[C@@H]3CCCN3[C@@]3(C(=O)Nc4ccccc43)[C@@H]2[N+](=O)[O-])ccc1OCc1ccc(Br)cc1. The topological polar surface area (TPSA) is 93.9 Å². The Labute approximate surface area is 222 Å². The summed E-state index contributed by atoms with van der Waals surface area (Å²) in [6, 6.07) is 19.5. The number of amides is 1. The molecule has 0 radical (unpaired) electrons. The molecule has 0 saturated carbocycles. The maximum atomic E-state index is 13.6. The largest absolute Gasteiger partial charge is 0.493 e. The molecule has 0 aliphatic carbocycles. The Hall–Kier alpha value is -3.43. The maximum absolute atomic E-state index is 13.6. The van der Waals surface area contributed by atoms with Crippen LogP contribution in [0.5, 0.6) is 11.5 Å². The van der Waals surface area contributed by atoms with Crippen molar-refractivity contribution < 1.29 is 19.2 Å². The molecular weight excluding hydrogens is 538 g/mol. The van der Waals surface area contributed by atoms with Crippen molar-refractivity contribution in [1.82, 2.24) is 4.90 Å². The van der Waals surface area contributed by atoms with Crippen LogP contribution in [0.1, 0.15) is 35.4 Å². The van der Waals surface area contributed by atoms with Gasteiger partial charge in [-0.3, -0.25) is 19.8 Å². The van der Waals surface area contributed by atoms with Crippen molar-refractivity contribution in [3.8, 4) is 11.5 Å². The minimum atomic E-state index is -1.34. The van der Waals surface area contributed by atoms with Gasteiger partial charge in [-0.2, -0.15) is 0 Å². The molecular formula is C28H26BrN3O5. The predicted molar refractivity (Wildman–Crippen MR) is 141 cm³/mol. The molecule has 0 bridgehead atoms. The number of methoxy groups -OCH3 is 1. The van der Waals surface area contributed by atoms with Crippen LogP contribution in [0.3, 0.4) is 0 Å². The fourth-order valence-corrected chi connectivity index (χ4v) is 6.79. The summed E-state index contributed by atoms with van der Waals surface area (Å²) in [6.07, 6.45) is 1.67. The van der Waals surface area contributed by atoms with Crippen molar-refractivity contribution in [2.75, 3.05) is 19.0 Å². The van der Waals surface area contributed by atoms with Crippen LogP contribution in [0.4, 0.5) is 5.69 Å². The quantitative estimate of drug-likeness (QED) is 0.331. The summed E-state index contributed by atoms with van der Waals surface area (Å²) in [4.78, 5) is 28.2. The summed E-state index contributed by atoms with van der Waals surface area (Å²) >= 11 is 3.44. The van der Waals surface area contributed by atoms with Gasteiger partial charge in [0, 0.05) is 33.2 Å². The van der Waals surface area contributed by atoms with E-state index in [-0.39, 0.29) is 16.9 Å². The highest BCUT2D eigenvalue weighted by Gasteiger charge is 2.73. The Morgan fingerprint density at radius 2 is 1.92 bits per heavy atom. The highest BCUT2D eigenvalue weighted by Crippen LogP contribution is 2.58. The van der Waals surface area contributed by atoms with E-state index in [1.807, 2.05) is 66.7 Å². The van der Waals surface area contributed by atoms with Gasteiger partial charge in [0.2, 0.25) is 0 Å².